The Balaban J connectivity index is 1.92. The van der Waals surface area contributed by atoms with Crippen molar-refractivity contribution in [1.82, 2.24) is 5.32 Å². The first kappa shape index (κ1) is 16.3. The minimum Gasteiger partial charge on any atom is -0.388 e. The predicted molar refractivity (Wildman–Crippen MR) is 71.4 cm³/mol. The van der Waals surface area contributed by atoms with Crippen LogP contribution in [-0.4, -0.2) is 29.1 Å². The van der Waals surface area contributed by atoms with Gasteiger partial charge in [-0.25, -0.2) is 13.2 Å². The summed E-state index contributed by atoms with van der Waals surface area (Å²) in [5.74, 6) is -6.82. The topological polar surface area (TPSA) is 78.4 Å². The number of hydrogen-bond acceptors (Lipinski definition) is 3. The third-order valence-corrected chi connectivity index (χ3v) is 3.56. The van der Waals surface area contributed by atoms with Gasteiger partial charge in [-0.1, -0.05) is 12.8 Å². The second kappa shape index (κ2) is 6.35. The molecule has 120 valence electrons. The lowest BCUT2D eigenvalue weighted by Gasteiger charge is -2.22. The molecule has 0 spiro atoms. The average Bonchev–Trinajstić information content (AvgIpc) is 2.89. The van der Waals surface area contributed by atoms with Crippen LogP contribution in [0, 0.1) is 17.5 Å². The van der Waals surface area contributed by atoms with Crippen molar-refractivity contribution in [2.45, 2.75) is 31.3 Å². The molecule has 1 aromatic carbocycles. The molecule has 0 radical (unpaired) electrons. The van der Waals surface area contributed by atoms with E-state index in [-0.39, 0.29) is 12.2 Å². The van der Waals surface area contributed by atoms with Gasteiger partial charge in [0.05, 0.1) is 5.60 Å². The Labute approximate surface area is 124 Å². The van der Waals surface area contributed by atoms with Crippen molar-refractivity contribution in [1.29, 1.82) is 0 Å². The zero-order chi connectivity index (χ0) is 16.3. The number of anilines is 1. The fourth-order valence-electron chi connectivity index (χ4n) is 2.35. The maximum absolute atomic E-state index is 13.0. The Morgan fingerprint density at radius 1 is 1.09 bits per heavy atom. The summed E-state index contributed by atoms with van der Waals surface area (Å²) in [5, 5.41) is 14.3. The second-order valence-electron chi connectivity index (χ2n) is 5.32. The molecular weight excluding hydrogens is 301 g/mol. The zero-order valence-electron chi connectivity index (χ0n) is 11.6. The first-order chi connectivity index (χ1) is 10.3. The number of nitrogens with one attached hydrogen (secondary N) is 2. The lowest BCUT2D eigenvalue weighted by atomic mass is 10.0. The number of halogens is 3. The van der Waals surface area contributed by atoms with Crippen LogP contribution in [0.1, 0.15) is 25.7 Å². The van der Waals surface area contributed by atoms with Crippen molar-refractivity contribution in [2.75, 3.05) is 11.9 Å². The Morgan fingerprint density at radius 3 is 2.18 bits per heavy atom. The van der Waals surface area contributed by atoms with E-state index in [1.54, 1.807) is 0 Å². The van der Waals surface area contributed by atoms with Crippen molar-refractivity contribution >= 4 is 17.5 Å². The number of rotatable bonds is 3. The SMILES string of the molecule is O=C(NCC1(O)CCCC1)C(=O)Nc1cc(F)c(F)c(F)c1. The molecule has 0 bridgehead atoms. The molecular formula is C14H15F3N2O3. The number of aliphatic hydroxyl groups is 1. The lowest BCUT2D eigenvalue weighted by Crippen LogP contribution is -2.44. The summed E-state index contributed by atoms with van der Waals surface area (Å²) in [7, 11) is 0. The van der Waals surface area contributed by atoms with Crippen LogP contribution in [0.15, 0.2) is 12.1 Å². The van der Waals surface area contributed by atoms with E-state index in [2.05, 4.69) is 5.32 Å². The summed E-state index contributed by atoms with van der Waals surface area (Å²) in [5.41, 5.74) is -1.40. The van der Waals surface area contributed by atoms with Crippen LogP contribution in [-0.2, 0) is 9.59 Å². The molecule has 1 aliphatic carbocycles. The van der Waals surface area contributed by atoms with Crippen LogP contribution in [0.3, 0.4) is 0 Å². The Kier molecular flexibility index (Phi) is 4.70. The first-order valence-electron chi connectivity index (χ1n) is 6.77. The molecule has 0 aromatic heterocycles. The normalized spacial score (nSPS) is 16.4. The fraction of sp³-hybridized carbons (Fsp3) is 0.429. The molecule has 1 fully saturated rings. The lowest BCUT2D eigenvalue weighted by molar-refractivity contribution is -0.136. The Hall–Kier alpha value is -2.09. The second-order valence-corrected chi connectivity index (χ2v) is 5.32. The van der Waals surface area contributed by atoms with Gasteiger partial charge in [0.25, 0.3) is 0 Å². The van der Waals surface area contributed by atoms with Crippen molar-refractivity contribution < 1.29 is 27.9 Å². The number of benzene rings is 1. The van der Waals surface area contributed by atoms with Gasteiger partial charge >= 0.3 is 11.8 Å². The van der Waals surface area contributed by atoms with Gasteiger partial charge in [0, 0.05) is 24.4 Å². The van der Waals surface area contributed by atoms with E-state index in [9.17, 15) is 27.9 Å². The highest BCUT2D eigenvalue weighted by Crippen LogP contribution is 2.28. The summed E-state index contributed by atoms with van der Waals surface area (Å²) in [6.45, 7) is -0.0780. The van der Waals surface area contributed by atoms with Crippen LogP contribution >= 0.6 is 0 Å². The molecule has 22 heavy (non-hydrogen) atoms. The van der Waals surface area contributed by atoms with Gasteiger partial charge in [-0.15, -0.1) is 0 Å². The fourth-order valence-corrected chi connectivity index (χ4v) is 2.35. The number of carbonyl (C=O) groups is 2. The molecule has 0 atom stereocenters. The molecule has 0 heterocycles. The smallest absolute Gasteiger partial charge is 0.313 e. The summed E-state index contributed by atoms with van der Waals surface area (Å²) >= 11 is 0. The summed E-state index contributed by atoms with van der Waals surface area (Å²) in [6, 6.07) is 1.13. The van der Waals surface area contributed by atoms with Crippen LogP contribution < -0.4 is 10.6 Å². The van der Waals surface area contributed by atoms with E-state index in [1.165, 1.54) is 0 Å². The van der Waals surface area contributed by atoms with Crippen LogP contribution in [0.2, 0.25) is 0 Å². The Morgan fingerprint density at radius 2 is 1.64 bits per heavy atom. The maximum atomic E-state index is 13.0. The number of carbonyl (C=O) groups excluding carboxylic acids is 2. The molecule has 1 aliphatic rings. The van der Waals surface area contributed by atoms with Crippen molar-refractivity contribution in [3.8, 4) is 0 Å². The molecule has 1 saturated carbocycles. The average molecular weight is 316 g/mol. The van der Waals surface area contributed by atoms with Crippen LogP contribution in [0.4, 0.5) is 18.9 Å². The third kappa shape index (κ3) is 3.76. The van der Waals surface area contributed by atoms with Gasteiger partial charge in [-0.2, -0.15) is 0 Å². The minimum atomic E-state index is -1.66. The number of hydrogen-bond donors (Lipinski definition) is 3. The van der Waals surface area contributed by atoms with E-state index in [1.807, 2.05) is 5.32 Å². The molecule has 8 heteroatoms. The number of amides is 2. The van der Waals surface area contributed by atoms with Crippen LogP contribution in [0.25, 0.3) is 0 Å². The van der Waals surface area contributed by atoms with Crippen molar-refractivity contribution in [3.05, 3.63) is 29.6 Å². The summed E-state index contributed by atoms with van der Waals surface area (Å²) in [6.07, 6.45) is 2.74. The molecule has 0 saturated heterocycles. The molecule has 2 rings (SSSR count). The molecule has 5 nitrogen and oxygen atoms in total. The van der Waals surface area contributed by atoms with Gasteiger partial charge in [-0.3, -0.25) is 9.59 Å². The molecule has 2 amide bonds. The van der Waals surface area contributed by atoms with Crippen molar-refractivity contribution in [3.63, 3.8) is 0 Å². The standard InChI is InChI=1S/C14H15F3N2O3/c15-9-5-8(6-10(16)11(9)17)19-13(21)12(20)18-7-14(22)3-1-2-4-14/h5-6,22H,1-4,7H2,(H,18,20)(H,19,21). The molecule has 3 N–H and O–H groups in total. The van der Waals surface area contributed by atoms with Gasteiger partial charge in [0.15, 0.2) is 17.5 Å². The monoisotopic (exact) mass is 316 g/mol. The van der Waals surface area contributed by atoms with Gasteiger partial charge in [0.2, 0.25) is 0 Å². The van der Waals surface area contributed by atoms with Gasteiger partial charge in [0.1, 0.15) is 0 Å². The molecule has 1 aromatic rings. The van der Waals surface area contributed by atoms with Crippen molar-refractivity contribution in [2.24, 2.45) is 0 Å². The summed E-state index contributed by atoms with van der Waals surface area (Å²) < 4.78 is 38.8. The highest BCUT2D eigenvalue weighted by molar-refractivity contribution is 6.39. The third-order valence-electron chi connectivity index (χ3n) is 3.56. The molecule has 0 aliphatic heterocycles. The summed E-state index contributed by atoms with van der Waals surface area (Å²) in [4.78, 5) is 23.2. The largest absolute Gasteiger partial charge is 0.388 e. The van der Waals surface area contributed by atoms with E-state index >= 15 is 0 Å². The van der Waals surface area contributed by atoms with Crippen LogP contribution in [0.5, 0.6) is 0 Å². The first-order valence-corrected chi connectivity index (χ1v) is 6.77. The van der Waals surface area contributed by atoms with Gasteiger partial charge < -0.3 is 15.7 Å². The molecule has 0 unspecified atom stereocenters. The van der Waals surface area contributed by atoms with E-state index < -0.39 is 34.9 Å². The highest BCUT2D eigenvalue weighted by atomic mass is 19.2. The minimum absolute atomic E-state index is 0.0780. The maximum Gasteiger partial charge on any atom is 0.313 e. The van der Waals surface area contributed by atoms with E-state index in [0.717, 1.165) is 12.8 Å². The zero-order valence-corrected chi connectivity index (χ0v) is 11.6. The van der Waals surface area contributed by atoms with E-state index in [4.69, 9.17) is 0 Å². The van der Waals surface area contributed by atoms with Gasteiger partial charge in [-0.05, 0) is 12.8 Å². The van der Waals surface area contributed by atoms with E-state index in [0.29, 0.717) is 25.0 Å². The Bertz CT molecular complexity index is 578. The highest BCUT2D eigenvalue weighted by Gasteiger charge is 2.32. The predicted octanol–water partition coefficient (Wildman–Crippen LogP) is 1.46. The quantitative estimate of drug-likeness (QED) is 0.583.